The summed E-state index contributed by atoms with van der Waals surface area (Å²) >= 11 is 3.34. The van der Waals surface area contributed by atoms with Crippen molar-refractivity contribution >= 4 is 38.7 Å². The fraction of sp³-hybridized carbons (Fsp3) is 0.320. The maximum Gasteiger partial charge on any atom is 0.416 e. The van der Waals surface area contributed by atoms with Gasteiger partial charge in [-0.2, -0.15) is 13.2 Å². The van der Waals surface area contributed by atoms with Gasteiger partial charge in [-0.15, -0.1) is 0 Å². The Morgan fingerprint density at radius 2 is 1.81 bits per heavy atom. The van der Waals surface area contributed by atoms with Crippen LogP contribution in [0.3, 0.4) is 0 Å². The molecule has 0 bridgehead atoms. The Morgan fingerprint density at radius 1 is 1.16 bits per heavy atom. The summed E-state index contributed by atoms with van der Waals surface area (Å²) in [7, 11) is 0. The topological polar surface area (TPSA) is 107 Å². The summed E-state index contributed by atoms with van der Waals surface area (Å²) in [5.41, 5.74) is -2.47. The van der Waals surface area contributed by atoms with Gasteiger partial charge >= 0.3 is 12.1 Å². The van der Waals surface area contributed by atoms with E-state index >= 15 is 0 Å². The molecule has 37 heavy (non-hydrogen) atoms. The second-order valence-electron chi connectivity index (χ2n) is 9.41. The molecule has 1 aliphatic rings. The lowest BCUT2D eigenvalue weighted by atomic mass is 10.0. The molecule has 0 aliphatic carbocycles. The number of halogens is 4. The largest absolute Gasteiger partial charge is 0.506 e. The van der Waals surface area contributed by atoms with Gasteiger partial charge in [0, 0.05) is 5.39 Å². The maximum atomic E-state index is 13.4. The van der Waals surface area contributed by atoms with Gasteiger partial charge in [0.25, 0.3) is 11.5 Å². The van der Waals surface area contributed by atoms with Crippen LogP contribution in [0, 0.1) is 0 Å². The highest BCUT2D eigenvalue weighted by Crippen LogP contribution is 2.43. The molecule has 4 rings (SSSR count). The number of pyridine rings is 1. The Labute approximate surface area is 217 Å². The fourth-order valence-electron chi connectivity index (χ4n) is 3.99. The number of esters is 1. The molecule has 1 aromatic heterocycles. The molecule has 2 heterocycles. The lowest BCUT2D eigenvalue weighted by Crippen LogP contribution is -2.39. The monoisotopic (exact) mass is 582 g/mol. The zero-order valence-electron chi connectivity index (χ0n) is 19.9. The average molecular weight is 583 g/mol. The van der Waals surface area contributed by atoms with Crippen LogP contribution < -0.4 is 15.6 Å². The van der Waals surface area contributed by atoms with E-state index < -0.39 is 58.7 Å². The van der Waals surface area contributed by atoms with Crippen LogP contribution in [0.25, 0.3) is 10.9 Å². The Hall–Kier alpha value is -3.54. The van der Waals surface area contributed by atoms with Crippen LogP contribution in [0.1, 0.15) is 48.4 Å². The van der Waals surface area contributed by atoms with Crippen LogP contribution in [0.2, 0.25) is 0 Å². The minimum absolute atomic E-state index is 0.142. The van der Waals surface area contributed by atoms with Gasteiger partial charge in [-0.05, 0) is 66.5 Å². The first-order valence-electron chi connectivity index (χ1n) is 11.1. The van der Waals surface area contributed by atoms with Gasteiger partial charge in [-0.1, -0.05) is 12.1 Å². The Bertz CT molecular complexity index is 1460. The molecule has 3 aromatic rings. The standard InChI is InChI=1S/C25H22BrF3N2O6/c1-24(2,3)37-17(32)10-30-22(34)18-20(33)14-8-9-15(26)21-19(14)31(23(18)35)11-16(36-21)12-4-6-13(7-5-12)25(27,28)29/h4-9,16,33H,10-11H2,1-3H3,(H,30,34). The zero-order valence-corrected chi connectivity index (χ0v) is 21.5. The highest BCUT2D eigenvalue weighted by Gasteiger charge is 2.33. The number of hydrogen-bond acceptors (Lipinski definition) is 6. The molecule has 196 valence electrons. The number of ether oxygens (including phenoxy) is 2. The Balaban J connectivity index is 1.73. The van der Waals surface area contributed by atoms with Crippen molar-refractivity contribution in [1.29, 1.82) is 0 Å². The van der Waals surface area contributed by atoms with E-state index in [0.717, 1.165) is 12.1 Å². The van der Waals surface area contributed by atoms with E-state index in [1.165, 1.54) is 22.8 Å². The minimum atomic E-state index is -4.51. The van der Waals surface area contributed by atoms with Crippen molar-refractivity contribution in [3.8, 4) is 11.5 Å². The van der Waals surface area contributed by atoms with E-state index in [-0.39, 0.29) is 23.2 Å². The van der Waals surface area contributed by atoms with Crippen molar-refractivity contribution in [1.82, 2.24) is 9.88 Å². The Morgan fingerprint density at radius 3 is 2.41 bits per heavy atom. The summed E-state index contributed by atoms with van der Waals surface area (Å²) in [6.45, 7) is 4.30. The first kappa shape index (κ1) is 26.5. The number of nitrogens with one attached hydrogen (secondary N) is 1. The van der Waals surface area contributed by atoms with Crippen LogP contribution in [0.5, 0.6) is 11.5 Å². The van der Waals surface area contributed by atoms with Crippen LogP contribution in [-0.2, 0) is 22.3 Å². The van der Waals surface area contributed by atoms with E-state index in [9.17, 15) is 32.7 Å². The van der Waals surface area contributed by atoms with Crippen LogP contribution in [0.4, 0.5) is 13.2 Å². The van der Waals surface area contributed by atoms with Gasteiger partial charge in [0.2, 0.25) is 0 Å². The van der Waals surface area contributed by atoms with Gasteiger partial charge in [-0.25, -0.2) is 0 Å². The summed E-state index contributed by atoms with van der Waals surface area (Å²) in [5, 5.41) is 13.3. The first-order chi connectivity index (χ1) is 17.2. The van der Waals surface area contributed by atoms with Crippen molar-refractivity contribution in [2.75, 3.05) is 6.54 Å². The van der Waals surface area contributed by atoms with Crippen molar-refractivity contribution in [3.63, 3.8) is 0 Å². The summed E-state index contributed by atoms with van der Waals surface area (Å²) in [6.07, 6.45) is -5.37. The van der Waals surface area contributed by atoms with E-state index in [2.05, 4.69) is 21.2 Å². The molecule has 2 N–H and O–H groups in total. The van der Waals surface area contributed by atoms with Crippen molar-refractivity contribution in [3.05, 3.63) is 67.9 Å². The third kappa shape index (κ3) is 5.29. The molecule has 1 unspecified atom stereocenters. The molecule has 0 spiro atoms. The summed E-state index contributed by atoms with van der Waals surface area (Å²) in [6, 6.07) is 7.38. The van der Waals surface area contributed by atoms with Crippen molar-refractivity contribution in [2.24, 2.45) is 0 Å². The number of carbonyl (C=O) groups is 2. The molecule has 8 nitrogen and oxygen atoms in total. The quantitative estimate of drug-likeness (QED) is 0.432. The molecule has 2 aromatic carbocycles. The van der Waals surface area contributed by atoms with Gasteiger partial charge in [-0.3, -0.25) is 19.0 Å². The molecule has 1 atom stereocenters. The lowest BCUT2D eigenvalue weighted by Gasteiger charge is -2.29. The van der Waals surface area contributed by atoms with Crippen LogP contribution in [-0.4, -0.2) is 33.7 Å². The summed E-state index contributed by atoms with van der Waals surface area (Å²) in [5.74, 6) is -2.13. The number of amides is 1. The Kier molecular flexibility index (Phi) is 6.74. The number of alkyl halides is 3. The second kappa shape index (κ2) is 9.40. The highest BCUT2D eigenvalue weighted by molar-refractivity contribution is 9.10. The first-order valence-corrected chi connectivity index (χ1v) is 11.9. The van der Waals surface area contributed by atoms with E-state index in [0.29, 0.717) is 10.0 Å². The number of hydrogen-bond donors (Lipinski definition) is 2. The number of rotatable bonds is 4. The minimum Gasteiger partial charge on any atom is -0.506 e. The fourth-order valence-corrected chi connectivity index (χ4v) is 4.41. The van der Waals surface area contributed by atoms with Crippen LogP contribution in [0.15, 0.2) is 45.7 Å². The zero-order chi connectivity index (χ0) is 27.3. The van der Waals surface area contributed by atoms with Crippen molar-refractivity contribution in [2.45, 2.75) is 45.2 Å². The summed E-state index contributed by atoms with van der Waals surface area (Å²) < 4.78 is 51.8. The van der Waals surface area contributed by atoms with E-state index in [1.807, 2.05) is 0 Å². The SMILES string of the molecule is CC(C)(C)OC(=O)CNC(=O)c1c(O)c2ccc(Br)c3c2n(c1=O)CC(c1ccc(C(F)(F)F)cc1)O3. The normalized spacial score (nSPS) is 15.3. The van der Waals surface area contributed by atoms with Gasteiger partial charge < -0.3 is 19.9 Å². The molecule has 1 aliphatic heterocycles. The number of carbonyl (C=O) groups excluding carboxylic acids is 2. The smallest absolute Gasteiger partial charge is 0.416 e. The maximum absolute atomic E-state index is 13.4. The second-order valence-corrected chi connectivity index (χ2v) is 10.3. The third-order valence-corrected chi connectivity index (χ3v) is 6.19. The third-order valence-electron chi connectivity index (χ3n) is 5.56. The molecule has 0 radical (unpaired) electrons. The van der Waals surface area contributed by atoms with Crippen molar-refractivity contribution < 1.29 is 37.3 Å². The highest BCUT2D eigenvalue weighted by atomic mass is 79.9. The molecule has 12 heteroatoms. The summed E-state index contributed by atoms with van der Waals surface area (Å²) in [4.78, 5) is 38.3. The number of aromatic hydroxyl groups is 1. The number of nitrogens with zero attached hydrogens (tertiary/aromatic N) is 1. The number of benzene rings is 2. The molecular weight excluding hydrogens is 561 g/mol. The molecule has 0 saturated carbocycles. The lowest BCUT2D eigenvalue weighted by molar-refractivity contribution is -0.153. The number of aromatic nitrogens is 1. The molecule has 1 amide bonds. The van der Waals surface area contributed by atoms with Crippen LogP contribution >= 0.6 is 15.9 Å². The predicted octanol–water partition coefficient (Wildman–Crippen LogP) is 4.69. The predicted molar refractivity (Wildman–Crippen MR) is 131 cm³/mol. The molecule has 0 fully saturated rings. The van der Waals surface area contributed by atoms with E-state index in [4.69, 9.17) is 9.47 Å². The van der Waals surface area contributed by atoms with Gasteiger partial charge in [0.1, 0.15) is 29.6 Å². The van der Waals surface area contributed by atoms with Gasteiger partial charge in [0.15, 0.2) is 5.75 Å². The van der Waals surface area contributed by atoms with E-state index in [1.54, 1.807) is 26.8 Å². The molecular formula is C25H22BrF3N2O6. The van der Waals surface area contributed by atoms with Gasteiger partial charge in [0.05, 0.1) is 22.1 Å². The average Bonchev–Trinajstić information content (AvgIpc) is 2.80. The molecule has 0 saturated heterocycles.